The Labute approximate surface area is 731 Å². The number of carboxylic acid groups (broad SMARTS) is 1. The van der Waals surface area contributed by atoms with Crippen molar-refractivity contribution in [3.05, 3.63) is 120 Å². The van der Waals surface area contributed by atoms with E-state index in [1.54, 1.807) is 60.9 Å². The number of unbranched alkanes of at least 4 members (excludes halogenated alkanes) is 2. The summed E-state index contributed by atoms with van der Waals surface area (Å²) in [6.07, 6.45) is 3.94. The third-order valence-electron chi connectivity index (χ3n) is 23.0. The van der Waals surface area contributed by atoms with Crippen molar-refractivity contribution >= 4 is 128 Å². The van der Waals surface area contributed by atoms with Crippen LogP contribution in [0.15, 0.2) is 97.7 Å². The number of aromatic hydroxyl groups is 1. The molecule has 0 radical (unpaired) electrons. The number of nitrogens with one attached hydrogen (secondary N) is 12. The maximum atomic E-state index is 15.6. The van der Waals surface area contributed by atoms with Gasteiger partial charge in [-0.3, -0.25) is 76.7 Å². The molecule has 9 rings (SSSR count). The number of carboxylic acids is 1. The zero-order chi connectivity index (χ0) is 91.8. The smallest absolute Gasteiger partial charge is 0.305 e. The van der Waals surface area contributed by atoms with Gasteiger partial charge in [-0.25, -0.2) is 4.98 Å². The molecule has 682 valence electrons. The molecule has 15 atom stereocenters. The van der Waals surface area contributed by atoms with Gasteiger partial charge in [0.15, 0.2) is 0 Å². The first-order valence-corrected chi connectivity index (χ1v) is 43.4. The number of phenols is 1. The molecule has 41 heteroatoms. The van der Waals surface area contributed by atoms with Gasteiger partial charge < -0.3 is 119 Å². The number of hydrogen-bond donors (Lipinski definition) is 18. The molecule has 0 aliphatic carbocycles. The van der Waals surface area contributed by atoms with Crippen molar-refractivity contribution in [2.75, 3.05) is 58.9 Å². The number of nitrogens with two attached hydrogens (primary N) is 2. The normalized spacial score (nSPS) is 25.8. The van der Waals surface area contributed by atoms with Crippen LogP contribution in [0.3, 0.4) is 0 Å². The standard InChI is InChI=1S/C85H116N20O20S/c1-8-10-23-66-78(118)92-46(3)73(113)100-65(72(87)112)43-126-44-70(109)93-61(32-48-26-28-52(107)29-27-48)81(121)101(5)47(4)74(114)97-63(37-71(110)111)84(124)104-31-17-25-67(104)79(119)96-60(35-51-40-88-45-91-51)76(116)94-58(22-16-30-86)83(123)105-41-53(108)36-69(105)80(120)95-59(33-49-38-89-56-20-14-12-18-54(49)56)75(115)99-64(42-106)77(117)98-62(34-50-39-90-57-21-15-13-19-55(50)57)82(122)103(7)68(24-11-9-2)85(125)102(66)6/h12-15,18-21,26-29,38-40,45-47,53,58-69,89-90,106-108H,8-11,16-17,22-25,30-37,41-44,86H2,1-7H3,(H2,87,112)(H,88,91)(H,92,118)(H,93,109)(H,94,116)(H,95,120)(H,96,119)(H,97,114)(H,98,117)(H,99,115)(H,100,113)(H,110,111)/t46-,47-,53+,58-,59-,60-,61-,62-,63-,64-,65-,66-,67-,68-,69-/m0/s1. The molecule has 0 spiro atoms. The number of primary amides is 1. The van der Waals surface area contributed by atoms with E-state index in [9.17, 15) is 68.4 Å². The number of imidazole rings is 1. The van der Waals surface area contributed by atoms with E-state index >= 15 is 28.8 Å². The Morgan fingerprint density at radius 2 is 1.08 bits per heavy atom. The van der Waals surface area contributed by atoms with Crippen molar-refractivity contribution in [1.82, 2.24) is 92.3 Å². The summed E-state index contributed by atoms with van der Waals surface area (Å²) in [6.45, 7) is 4.54. The summed E-state index contributed by atoms with van der Waals surface area (Å²) >= 11 is 0.812. The summed E-state index contributed by atoms with van der Waals surface area (Å²) < 4.78 is 0. The lowest BCUT2D eigenvalue weighted by Gasteiger charge is -2.36. The summed E-state index contributed by atoms with van der Waals surface area (Å²) in [5.74, 6) is -16.5. The second kappa shape index (κ2) is 45.9. The zero-order valence-corrected chi connectivity index (χ0v) is 72.3. The Morgan fingerprint density at radius 3 is 1.67 bits per heavy atom. The van der Waals surface area contributed by atoms with Gasteiger partial charge in [-0.1, -0.05) is 88.1 Å². The average Bonchev–Trinajstić information content (AvgIpc) is 1.58. The summed E-state index contributed by atoms with van der Waals surface area (Å²) in [7, 11) is 3.94. The lowest BCUT2D eigenvalue weighted by Crippen LogP contribution is -2.61. The predicted octanol–water partition coefficient (Wildman–Crippen LogP) is -2.00. The van der Waals surface area contributed by atoms with Gasteiger partial charge in [-0.2, -0.15) is 0 Å². The molecule has 3 aromatic heterocycles. The molecule has 0 unspecified atom stereocenters. The lowest BCUT2D eigenvalue weighted by atomic mass is 10.00. The number of hydrogen-bond acceptors (Lipinski definition) is 22. The number of nitrogens with zero attached hydrogens (tertiary/aromatic N) is 6. The third kappa shape index (κ3) is 25.6. The van der Waals surface area contributed by atoms with E-state index in [-0.39, 0.29) is 88.8 Å². The van der Waals surface area contributed by atoms with Gasteiger partial charge in [0, 0.05) is 118 Å². The van der Waals surface area contributed by atoms with Crippen LogP contribution in [0.5, 0.6) is 5.75 Å². The zero-order valence-electron chi connectivity index (χ0n) is 71.5. The molecule has 6 heterocycles. The number of rotatable bonds is 21. The number of amides is 15. The highest BCUT2D eigenvalue weighted by Crippen LogP contribution is 2.28. The van der Waals surface area contributed by atoms with E-state index in [2.05, 4.69) is 67.8 Å². The van der Waals surface area contributed by atoms with Crippen molar-refractivity contribution in [1.29, 1.82) is 0 Å². The molecule has 3 aliphatic rings. The van der Waals surface area contributed by atoms with Crippen molar-refractivity contribution in [3.63, 3.8) is 0 Å². The molecule has 0 saturated carbocycles. The van der Waals surface area contributed by atoms with Gasteiger partial charge in [-0.05, 0) is 99.9 Å². The van der Waals surface area contributed by atoms with E-state index < -0.39 is 217 Å². The number of aliphatic carboxylic acids is 1. The van der Waals surface area contributed by atoms with Crippen LogP contribution in [-0.4, -0.2) is 309 Å². The first kappa shape index (κ1) is 97.3. The Hall–Kier alpha value is -12.5. The molecule has 20 N–H and O–H groups in total. The molecule has 15 amide bonds. The first-order chi connectivity index (χ1) is 60.1. The molecule has 3 saturated heterocycles. The summed E-state index contributed by atoms with van der Waals surface area (Å²) in [6, 6.07) is -1.80. The SMILES string of the molecule is CCCC[C@H]1C(=O)N(C)[C@@H](CCCC)C(=O)N[C@@H](C)C(=O)N[C@H](C(N)=O)CSCC(=O)N[C@@H](Cc2ccc(O)cc2)C(=O)N(C)[C@@H](C)C(=O)N[C@@H](CC(=O)O)C(=O)N2CCC[C@H]2C(=O)N[C@@H](Cc2cnc[nH]2)C(=O)N[C@@H](CCCN)C(=O)N2C[C@H](O)C[C@H]2C(=O)N[C@@H](Cc2c[nH]c3ccccc23)C(=O)N[C@@H](CO)C(=O)N[C@@H](Cc2c[nH]c3ccccc23)C(=O)N1C. The number of benzene rings is 3. The molecule has 0 bridgehead atoms. The van der Waals surface area contributed by atoms with Gasteiger partial charge in [0.25, 0.3) is 0 Å². The fourth-order valence-electron chi connectivity index (χ4n) is 15.7. The summed E-state index contributed by atoms with van der Waals surface area (Å²) in [4.78, 5) is 252. The monoisotopic (exact) mass is 1770 g/mol. The van der Waals surface area contributed by atoms with Crippen LogP contribution in [0.4, 0.5) is 0 Å². The average molecular weight is 1770 g/mol. The van der Waals surface area contributed by atoms with Crippen LogP contribution in [0.25, 0.3) is 21.8 Å². The minimum Gasteiger partial charge on any atom is -0.508 e. The molecule has 3 fully saturated rings. The Morgan fingerprint density at radius 1 is 0.540 bits per heavy atom. The number of aliphatic hydroxyl groups is 2. The van der Waals surface area contributed by atoms with Crippen LogP contribution in [0, 0.1) is 0 Å². The molecular formula is C85H116N20O20S. The lowest BCUT2D eigenvalue weighted by molar-refractivity contribution is -0.149. The Bertz CT molecular complexity index is 4870. The first-order valence-electron chi connectivity index (χ1n) is 42.2. The van der Waals surface area contributed by atoms with Gasteiger partial charge >= 0.3 is 5.97 Å². The number of phenolic OH excluding ortho intramolecular Hbond substituents is 1. The predicted molar refractivity (Wildman–Crippen MR) is 461 cm³/mol. The highest BCUT2D eigenvalue weighted by molar-refractivity contribution is 8.00. The number of aromatic nitrogens is 4. The van der Waals surface area contributed by atoms with E-state index in [1.165, 1.54) is 76.7 Å². The molecule has 126 heavy (non-hydrogen) atoms. The number of aromatic amines is 3. The van der Waals surface area contributed by atoms with Crippen molar-refractivity contribution in [3.8, 4) is 5.75 Å². The fourth-order valence-corrected chi connectivity index (χ4v) is 16.6. The molecule has 3 aromatic carbocycles. The Kier molecular flexibility index (Phi) is 35.5. The van der Waals surface area contributed by atoms with Crippen LogP contribution in [0.2, 0.25) is 0 Å². The Balaban J connectivity index is 1.06. The number of fused-ring (bicyclic) bond motifs is 4. The van der Waals surface area contributed by atoms with E-state index in [1.807, 2.05) is 13.8 Å². The third-order valence-corrected chi connectivity index (χ3v) is 24.0. The van der Waals surface area contributed by atoms with Gasteiger partial charge in [-0.15, -0.1) is 11.8 Å². The number of carbonyl (C=O) groups is 16. The van der Waals surface area contributed by atoms with Crippen molar-refractivity contribution in [2.24, 2.45) is 11.5 Å². The van der Waals surface area contributed by atoms with E-state index in [4.69, 9.17) is 11.5 Å². The largest absolute Gasteiger partial charge is 0.508 e. The van der Waals surface area contributed by atoms with E-state index in [0.717, 1.165) is 31.4 Å². The van der Waals surface area contributed by atoms with Crippen LogP contribution in [0.1, 0.15) is 127 Å². The second-order valence-corrected chi connectivity index (χ2v) is 33.1. The maximum absolute atomic E-state index is 15.6. The quantitative estimate of drug-likeness (QED) is 0.0371. The van der Waals surface area contributed by atoms with Gasteiger partial charge in [0.05, 0.1) is 31.2 Å². The summed E-state index contributed by atoms with van der Waals surface area (Å²) in [5, 5.41) is 67.8. The maximum Gasteiger partial charge on any atom is 0.305 e. The molecular weight excluding hydrogens is 1650 g/mol. The number of carbonyl (C=O) groups excluding carboxylic acids is 15. The van der Waals surface area contributed by atoms with Crippen LogP contribution >= 0.6 is 11.8 Å². The van der Waals surface area contributed by atoms with E-state index in [0.29, 0.717) is 69.9 Å². The fraction of sp³-hybridized carbons (Fsp3) is 0.518. The number of thioether (sulfide) groups is 1. The van der Waals surface area contributed by atoms with Crippen molar-refractivity contribution < 1.29 is 97.1 Å². The van der Waals surface area contributed by atoms with Gasteiger partial charge in [0.2, 0.25) is 88.6 Å². The number of para-hydroxylation sites is 2. The second-order valence-electron chi connectivity index (χ2n) is 32.1. The molecule has 6 aromatic rings. The number of H-pyrrole nitrogens is 3. The van der Waals surface area contributed by atoms with Crippen LogP contribution < -0.4 is 59.3 Å². The number of aliphatic hydroxyl groups excluding tert-OH is 2. The van der Waals surface area contributed by atoms with Crippen molar-refractivity contribution in [2.45, 2.75) is 221 Å². The minimum atomic E-state index is -1.88. The highest BCUT2D eigenvalue weighted by atomic mass is 32.2. The summed E-state index contributed by atoms with van der Waals surface area (Å²) in [5.41, 5.74) is 14.8. The number of likely N-dealkylation sites (N-methyl/N-ethyl adjacent to an activating group) is 3. The topological polar surface area (TPSA) is 591 Å². The van der Waals surface area contributed by atoms with Gasteiger partial charge in [0.1, 0.15) is 90.3 Å². The highest BCUT2D eigenvalue weighted by Gasteiger charge is 2.46. The molecule has 3 aliphatic heterocycles. The molecule has 40 nitrogen and oxygen atoms in total. The van der Waals surface area contributed by atoms with Crippen LogP contribution in [-0.2, 0) is 102 Å². The minimum absolute atomic E-state index is 0.0202.